The Morgan fingerprint density at radius 3 is 2.94 bits per heavy atom. The third-order valence-electron chi connectivity index (χ3n) is 2.74. The Balaban J connectivity index is 1.91. The van der Waals surface area contributed by atoms with Crippen LogP contribution < -0.4 is 5.32 Å². The molecular weight excluding hydrogens is 244 g/mol. The number of nitrogens with zero attached hydrogens (tertiary/aromatic N) is 1. The fraction of sp³-hybridized carbons (Fsp3) is 0.357. The van der Waals surface area contributed by atoms with E-state index in [0.29, 0.717) is 6.61 Å². The lowest BCUT2D eigenvalue weighted by molar-refractivity contribution is 0.185. The maximum Gasteiger partial charge on any atom is 0.109 e. The highest BCUT2D eigenvalue weighted by Gasteiger charge is 2.07. The minimum atomic E-state index is 0.288. The van der Waals surface area contributed by atoms with Gasteiger partial charge < -0.3 is 10.1 Å². The molecule has 18 heavy (non-hydrogen) atoms. The Hall–Kier alpha value is -1.23. The molecule has 96 valence electrons. The summed E-state index contributed by atoms with van der Waals surface area (Å²) >= 11 is 1.68. The topological polar surface area (TPSA) is 34.1 Å². The Bertz CT molecular complexity index is 470. The Morgan fingerprint density at radius 1 is 1.39 bits per heavy atom. The van der Waals surface area contributed by atoms with Gasteiger partial charge in [0.25, 0.3) is 0 Å². The average Bonchev–Trinajstić information content (AvgIpc) is 2.91. The van der Waals surface area contributed by atoms with Gasteiger partial charge in [-0.1, -0.05) is 24.3 Å². The van der Waals surface area contributed by atoms with Gasteiger partial charge in [-0.3, -0.25) is 0 Å². The molecule has 0 spiro atoms. The van der Waals surface area contributed by atoms with Gasteiger partial charge in [0.1, 0.15) is 5.01 Å². The zero-order valence-electron chi connectivity index (χ0n) is 10.7. The standard InChI is InChI=1S/C14H18N2OS/c1-11(14-15-6-7-18-14)16-9-12-4-3-5-13(8-12)10-17-2/h3-8,11,16H,9-10H2,1-2H3. The van der Waals surface area contributed by atoms with Crippen LogP contribution in [0.15, 0.2) is 35.8 Å². The first kappa shape index (κ1) is 13.2. The predicted molar refractivity (Wildman–Crippen MR) is 74.5 cm³/mol. The van der Waals surface area contributed by atoms with Crippen molar-refractivity contribution in [2.45, 2.75) is 26.1 Å². The van der Waals surface area contributed by atoms with E-state index in [9.17, 15) is 0 Å². The number of methoxy groups -OCH3 is 1. The number of nitrogens with one attached hydrogen (secondary N) is 1. The van der Waals surface area contributed by atoms with Crippen LogP contribution >= 0.6 is 11.3 Å². The number of aromatic nitrogens is 1. The van der Waals surface area contributed by atoms with E-state index in [1.807, 2.05) is 11.6 Å². The number of ether oxygens (including phenoxy) is 1. The molecule has 0 aliphatic heterocycles. The van der Waals surface area contributed by atoms with Gasteiger partial charge in [-0.05, 0) is 18.1 Å². The molecule has 1 heterocycles. The molecule has 0 saturated heterocycles. The van der Waals surface area contributed by atoms with E-state index in [1.54, 1.807) is 18.4 Å². The molecule has 0 amide bonds. The van der Waals surface area contributed by atoms with Gasteiger partial charge in [0.05, 0.1) is 12.6 Å². The van der Waals surface area contributed by atoms with Crippen LogP contribution in [0.4, 0.5) is 0 Å². The molecule has 0 radical (unpaired) electrons. The van der Waals surface area contributed by atoms with Crippen LogP contribution in [0.1, 0.15) is 29.1 Å². The monoisotopic (exact) mass is 262 g/mol. The first-order chi connectivity index (χ1) is 8.79. The van der Waals surface area contributed by atoms with Crippen molar-refractivity contribution in [2.75, 3.05) is 7.11 Å². The van der Waals surface area contributed by atoms with Crippen LogP contribution in [0.2, 0.25) is 0 Å². The summed E-state index contributed by atoms with van der Waals surface area (Å²) < 4.78 is 5.14. The normalized spacial score (nSPS) is 12.6. The van der Waals surface area contributed by atoms with E-state index in [0.717, 1.165) is 11.6 Å². The maximum atomic E-state index is 5.14. The molecule has 0 fully saturated rings. The fourth-order valence-corrected chi connectivity index (χ4v) is 2.47. The summed E-state index contributed by atoms with van der Waals surface area (Å²) in [7, 11) is 1.72. The minimum Gasteiger partial charge on any atom is -0.380 e. The third-order valence-corrected chi connectivity index (χ3v) is 3.69. The molecule has 4 heteroatoms. The molecule has 1 aromatic carbocycles. The number of benzene rings is 1. The summed E-state index contributed by atoms with van der Waals surface area (Å²) in [6.45, 7) is 3.64. The van der Waals surface area contributed by atoms with Crippen molar-refractivity contribution in [3.63, 3.8) is 0 Å². The zero-order valence-corrected chi connectivity index (χ0v) is 11.5. The van der Waals surface area contributed by atoms with E-state index < -0.39 is 0 Å². The second-order valence-electron chi connectivity index (χ2n) is 4.23. The van der Waals surface area contributed by atoms with Crippen molar-refractivity contribution in [2.24, 2.45) is 0 Å². The number of thiazole rings is 1. The van der Waals surface area contributed by atoms with Crippen LogP contribution in [-0.2, 0) is 17.9 Å². The van der Waals surface area contributed by atoms with E-state index in [4.69, 9.17) is 4.74 Å². The molecular formula is C14H18N2OS. The van der Waals surface area contributed by atoms with Crippen molar-refractivity contribution in [1.82, 2.24) is 10.3 Å². The van der Waals surface area contributed by atoms with Crippen LogP contribution in [0.5, 0.6) is 0 Å². The number of hydrogen-bond donors (Lipinski definition) is 1. The molecule has 2 aromatic rings. The van der Waals surface area contributed by atoms with Gasteiger partial charge in [0.2, 0.25) is 0 Å². The molecule has 0 saturated carbocycles. The summed E-state index contributed by atoms with van der Waals surface area (Å²) in [5.74, 6) is 0. The number of hydrogen-bond acceptors (Lipinski definition) is 4. The quantitative estimate of drug-likeness (QED) is 0.868. The molecule has 1 unspecified atom stereocenters. The first-order valence-corrected chi connectivity index (χ1v) is 6.87. The van der Waals surface area contributed by atoms with Gasteiger partial charge in [-0.25, -0.2) is 4.98 Å². The highest BCUT2D eigenvalue weighted by atomic mass is 32.1. The van der Waals surface area contributed by atoms with E-state index >= 15 is 0 Å². The second-order valence-corrected chi connectivity index (χ2v) is 5.15. The molecule has 1 aromatic heterocycles. The van der Waals surface area contributed by atoms with Gasteiger partial charge in [-0.15, -0.1) is 11.3 Å². The van der Waals surface area contributed by atoms with Crippen molar-refractivity contribution in [3.8, 4) is 0 Å². The van der Waals surface area contributed by atoms with Crippen LogP contribution in [0.25, 0.3) is 0 Å². The fourth-order valence-electron chi connectivity index (χ4n) is 1.80. The van der Waals surface area contributed by atoms with Crippen LogP contribution in [0.3, 0.4) is 0 Å². The predicted octanol–water partition coefficient (Wildman–Crippen LogP) is 3.14. The van der Waals surface area contributed by atoms with Crippen molar-refractivity contribution in [3.05, 3.63) is 52.0 Å². The Kier molecular flexibility index (Phi) is 4.87. The molecule has 0 aliphatic rings. The van der Waals surface area contributed by atoms with Crippen LogP contribution in [0, 0.1) is 0 Å². The lowest BCUT2D eigenvalue weighted by Gasteiger charge is -2.11. The second kappa shape index (κ2) is 6.64. The van der Waals surface area contributed by atoms with Gasteiger partial charge >= 0.3 is 0 Å². The van der Waals surface area contributed by atoms with Crippen molar-refractivity contribution in [1.29, 1.82) is 0 Å². The largest absolute Gasteiger partial charge is 0.380 e. The zero-order chi connectivity index (χ0) is 12.8. The molecule has 0 bridgehead atoms. The Morgan fingerprint density at radius 2 is 2.22 bits per heavy atom. The lowest BCUT2D eigenvalue weighted by atomic mass is 10.1. The van der Waals surface area contributed by atoms with E-state index in [1.165, 1.54) is 11.1 Å². The smallest absolute Gasteiger partial charge is 0.109 e. The van der Waals surface area contributed by atoms with Crippen molar-refractivity contribution < 1.29 is 4.74 Å². The van der Waals surface area contributed by atoms with Gasteiger partial charge in [-0.2, -0.15) is 0 Å². The summed E-state index contributed by atoms with van der Waals surface area (Å²) in [5.41, 5.74) is 2.48. The molecule has 1 N–H and O–H groups in total. The molecule has 0 aliphatic carbocycles. The first-order valence-electron chi connectivity index (χ1n) is 5.99. The number of rotatable bonds is 6. The highest BCUT2D eigenvalue weighted by molar-refractivity contribution is 7.09. The summed E-state index contributed by atoms with van der Waals surface area (Å²) in [4.78, 5) is 4.31. The van der Waals surface area contributed by atoms with Gasteiger partial charge in [0, 0.05) is 25.2 Å². The Labute approximate surface area is 112 Å². The van der Waals surface area contributed by atoms with Gasteiger partial charge in [0.15, 0.2) is 0 Å². The minimum absolute atomic E-state index is 0.288. The molecule has 2 rings (SSSR count). The molecule has 3 nitrogen and oxygen atoms in total. The van der Waals surface area contributed by atoms with Crippen molar-refractivity contribution >= 4 is 11.3 Å². The third kappa shape index (κ3) is 3.63. The van der Waals surface area contributed by atoms with E-state index in [2.05, 4.69) is 41.5 Å². The summed E-state index contributed by atoms with van der Waals surface area (Å²) in [6.07, 6.45) is 1.84. The summed E-state index contributed by atoms with van der Waals surface area (Å²) in [6, 6.07) is 8.73. The lowest BCUT2D eigenvalue weighted by Crippen LogP contribution is -2.17. The van der Waals surface area contributed by atoms with Crippen LogP contribution in [-0.4, -0.2) is 12.1 Å². The molecule has 1 atom stereocenters. The van der Waals surface area contributed by atoms with E-state index in [-0.39, 0.29) is 6.04 Å². The average molecular weight is 262 g/mol. The summed E-state index contributed by atoms with van der Waals surface area (Å²) in [5, 5.41) is 6.61. The highest BCUT2D eigenvalue weighted by Crippen LogP contribution is 2.15. The maximum absolute atomic E-state index is 5.14. The SMILES string of the molecule is COCc1cccc(CNC(C)c2nccs2)c1.